The number of carbonyl (C=O) groups is 2. The highest BCUT2D eigenvalue weighted by molar-refractivity contribution is 7.80. The molecule has 0 atom stereocenters. The van der Waals surface area contributed by atoms with Gasteiger partial charge in [0.15, 0.2) is 5.16 Å². The number of hydrogen-bond acceptors (Lipinski definition) is 9. The zero-order chi connectivity index (χ0) is 27.2. The second kappa shape index (κ2) is 12.2. The molecule has 0 aliphatic carbocycles. The molecule has 3 rings (SSSR count). The van der Waals surface area contributed by atoms with Gasteiger partial charge in [0.25, 0.3) is 11.5 Å². The molecule has 3 heterocycles. The average molecular weight is 544 g/mol. The topological polar surface area (TPSA) is 124 Å². The maximum atomic E-state index is 13.4. The standard InChI is InChI=1S/C25H29N5O5S2/c1-15-8-9-26-18(14-15)30-22(32)20-17(16(2)37-21(20)29-23(30)36)6-7-19(31)27-10-12-34-13-11-28-24(33)35-25(3,4)5/h8-9,14H,10-13H2,1-5H3,(H,27,31)(H,28,33)(H,29,36). The van der Waals surface area contributed by atoms with Crippen LogP contribution in [0.3, 0.4) is 0 Å². The van der Waals surface area contributed by atoms with Crippen molar-refractivity contribution in [2.45, 2.75) is 45.4 Å². The first-order chi connectivity index (χ1) is 17.5. The van der Waals surface area contributed by atoms with Crippen LogP contribution < -0.4 is 16.2 Å². The van der Waals surface area contributed by atoms with E-state index in [0.29, 0.717) is 21.6 Å². The molecule has 3 aromatic rings. The van der Waals surface area contributed by atoms with Crippen molar-refractivity contribution in [2.24, 2.45) is 0 Å². The zero-order valence-corrected chi connectivity index (χ0v) is 23.0. The van der Waals surface area contributed by atoms with Gasteiger partial charge in [-0.3, -0.25) is 9.59 Å². The van der Waals surface area contributed by atoms with Gasteiger partial charge in [-0.15, -0.1) is 24.0 Å². The second-order valence-corrected chi connectivity index (χ2v) is 10.6. The van der Waals surface area contributed by atoms with Crippen molar-refractivity contribution in [3.8, 4) is 17.7 Å². The number of pyridine rings is 1. The summed E-state index contributed by atoms with van der Waals surface area (Å²) in [5.41, 5.74) is 0.471. The molecule has 0 bridgehead atoms. The third kappa shape index (κ3) is 7.79. The lowest BCUT2D eigenvalue weighted by Gasteiger charge is -2.19. The smallest absolute Gasteiger partial charge is 0.407 e. The van der Waals surface area contributed by atoms with Crippen LogP contribution in [-0.2, 0) is 14.3 Å². The monoisotopic (exact) mass is 543 g/mol. The second-order valence-electron chi connectivity index (χ2n) is 9.00. The van der Waals surface area contributed by atoms with E-state index < -0.39 is 17.6 Å². The molecule has 0 aromatic carbocycles. The highest BCUT2D eigenvalue weighted by Gasteiger charge is 2.18. The van der Waals surface area contributed by atoms with Gasteiger partial charge in [-0.2, -0.15) is 0 Å². The van der Waals surface area contributed by atoms with Crippen molar-refractivity contribution in [3.05, 3.63) is 44.7 Å². The van der Waals surface area contributed by atoms with Crippen molar-refractivity contribution in [3.63, 3.8) is 0 Å². The van der Waals surface area contributed by atoms with Crippen molar-refractivity contribution in [2.75, 3.05) is 26.3 Å². The van der Waals surface area contributed by atoms with Crippen molar-refractivity contribution >= 4 is 46.2 Å². The van der Waals surface area contributed by atoms with Crippen LogP contribution in [0.15, 0.2) is 28.3 Å². The summed E-state index contributed by atoms with van der Waals surface area (Å²) in [6, 6.07) is 3.59. The predicted octanol–water partition coefficient (Wildman–Crippen LogP) is 2.76. The van der Waals surface area contributed by atoms with Crippen LogP contribution in [0.5, 0.6) is 0 Å². The number of carbonyl (C=O) groups excluding carboxylic acids is 2. The van der Waals surface area contributed by atoms with Gasteiger partial charge in [0.2, 0.25) is 0 Å². The van der Waals surface area contributed by atoms with Crippen LogP contribution in [0.4, 0.5) is 4.79 Å². The van der Waals surface area contributed by atoms with Crippen molar-refractivity contribution in [1.82, 2.24) is 25.2 Å². The van der Waals surface area contributed by atoms with Crippen LogP contribution in [0, 0.1) is 25.7 Å². The fraction of sp³-hybridized carbons (Fsp3) is 0.400. The molecular weight excluding hydrogens is 514 g/mol. The van der Waals surface area contributed by atoms with E-state index in [1.165, 1.54) is 15.9 Å². The summed E-state index contributed by atoms with van der Waals surface area (Å²) < 4.78 is 11.8. The molecule has 2 N–H and O–H groups in total. The lowest BCUT2D eigenvalue weighted by atomic mass is 10.2. The lowest BCUT2D eigenvalue weighted by molar-refractivity contribution is -0.115. The Morgan fingerprint density at radius 2 is 1.89 bits per heavy atom. The average Bonchev–Trinajstić information content (AvgIpc) is 3.10. The van der Waals surface area contributed by atoms with E-state index in [1.54, 1.807) is 33.0 Å². The lowest BCUT2D eigenvalue weighted by Crippen LogP contribution is -2.34. The molecule has 12 heteroatoms. The SMILES string of the molecule is Cc1ccnc(-n2c(S)nc3sc(C)c(C#CC(=O)NCCOCCNC(=O)OC(C)(C)C)c3c2=O)c1. The van der Waals surface area contributed by atoms with E-state index in [1.807, 2.05) is 19.9 Å². The predicted molar refractivity (Wildman–Crippen MR) is 145 cm³/mol. The molecule has 37 heavy (non-hydrogen) atoms. The summed E-state index contributed by atoms with van der Waals surface area (Å²) in [4.78, 5) is 47.1. The molecule has 0 saturated heterocycles. The van der Waals surface area contributed by atoms with Crippen molar-refractivity contribution < 1.29 is 19.1 Å². The van der Waals surface area contributed by atoms with Gasteiger partial charge in [0, 0.05) is 30.1 Å². The Kier molecular flexibility index (Phi) is 9.31. The minimum atomic E-state index is -0.565. The molecule has 0 aliphatic rings. The summed E-state index contributed by atoms with van der Waals surface area (Å²) >= 11 is 5.70. The largest absolute Gasteiger partial charge is 0.444 e. The first kappa shape index (κ1) is 28.2. The third-order valence-corrected chi connectivity index (χ3v) is 6.06. The maximum absolute atomic E-state index is 13.4. The van der Waals surface area contributed by atoms with Gasteiger partial charge >= 0.3 is 6.09 Å². The van der Waals surface area contributed by atoms with Crippen molar-refractivity contribution in [1.29, 1.82) is 0 Å². The number of nitrogens with one attached hydrogen (secondary N) is 2. The molecule has 0 saturated carbocycles. The first-order valence-electron chi connectivity index (χ1n) is 11.5. The van der Waals surface area contributed by atoms with Gasteiger partial charge in [-0.1, -0.05) is 5.92 Å². The Balaban J connectivity index is 1.61. The minimum Gasteiger partial charge on any atom is -0.444 e. The first-order valence-corrected chi connectivity index (χ1v) is 12.7. The Labute approximate surface area is 224 Å². The molecule has 0 aliphatic heterocycles. The van der Waals surface area contributed by atoms with E-state index in [9.17, 15) is 14.4 Å². The van der Waals surface area contributed by atoms with E-state index in [-0.39, 0.29) is 37.0 Å². The number of hydrogen-bond donors (Lipinski definition) is 3. The normalized spacial score (nSPS) is 11.1. The molecule has 2 amide bonds. The van der Waals surface area contributed by atoms with Gasteiger partial charge in [0.1, 0.15) is 16.2 Å². The zero-order valence-electron chi connectivity index (χ0n) is 21.3. The Morgan fingerprint density at radius 3 is 2.57 bits per heavy atom. The number of thiophene rings is 1. The molecule has 0 radical (unpaired) electrons. The van der Waals surface area contributed by atoms with E-state index >= 15 is 0 Å². The molecule has 0 unspecified atom stereocenters. The maximum Gasteiger partial charge on any atom is 0.407 e. The molecular formula is C25H29N5O5S2. The summed E-state index contributed by atoms with van der Waals surface area (Å²) in [6.07, 6.45) is 1.10. The quantitative estimate of drug-likeness (QED) is 0.181. The van der Waals surface area contributed by atoms with Crippen LogP contribution in [-0.4, -0.2) is 58.4 Å². The van der Waals surface area contributed by atoms with Crippen LogP contribution >= 0.6 is 24.0 Å². The summed E-state index contributed by atoms with van der Waals surface area (Å²) in [7, 11) is 0. The van der Waals surface area contributed by atoms with Gasteiger partial charge < -0.3 is 20.1 Å². The number of alkyl carbamates (subject to hydrolysis) is 1. The van der Waals surface area contributed by atoms with E-state index in [2.05, 4.69) is 45.1 Å². The molecule has 0 spiro atoms. The van der Waals surface area contributed by atoms with Crippen LogP contribution in [0.25, 0.3) is 16.0 Å². The van der Waals surface area contributed by atoms with E-state index in [0.717, 1.165) is 10.4 Å². The molecule has 0 fully saturated rings. The molecule has 3 aromatic heterocycles. The Morgan fingerprint density at radius 1 is 1.19 bits per heavy atom. The van der Waals surface area contributed by atoms with Gasteiger partial charge in [-0.25, -0.2) is 19.3 Å². The number of nitrogens with zero attached hydrogens (tertiary/aromatic N) is 3. The fourth-order valence-electron chi connectivity index (χ4n) is 3.19. The number of rotatable bonds is 7. The van der Waals surface area contributed by atoms with Crippen LogP contribution in [0.2, 0.25) is 0 Å². The fourth-order valence-corrected chi connectivity index (χ4v) is 4.52. The van der Waals surface area contributed by atoms with E-state index in [4.69, 9.17) is 9.47 Å². The minimum absolute atomic E-state index is 0.218. The molecule has 10 nitrogen and oxygen atoms in total. The van der Waals surface area contributed by atoms with Gasteiger partial charge in [-0.05, 0) is 52.3 Å². The number of fused-ring (bicyclic) bond motifs is 1. The third-order valence-electron chi connectivity index (χ3n) is 4.76. The summed E-state index contributed by atoms with van der Waals surface area (Å²) in [6.45, 7) is 10.1. The summed E-state index contributed by atoms with van der Waals surface area (Å²) in [5.74, 6) is 5.26. The molecule has 196 valence electrons. The highest BCUT2D eigenvalue weighted by atomic mass is 32.1. The summed E-state index contributed by atoms with van der Waals surface area (Å²) in [5, 5.41) is 5.77. The highest BCUT2D eigenvalue weighted by Crippen LogP contribution is 2.27. The number of amides is 2. The number of aromatic nitrogens is 3. The number of thiol groups is 1. The number of aryl methyl sites for hydroxylation is 2. The van der Waals surface area contributed by atoms with Crippen LogP contribution in [0.1, 0.15) is 36.8 Å². The Bertz CT molecular complexity index is 1430. The number of ether oxygens (including phenoxy) is 2. The Hall–Kier alpha value is -3.40. The van der Waals surface area contributed by atoms with Gasteiger partial charge in [0.05, 0.1) is 24.2 Å².